The molecule has 2 fully saturated rings. The summed E-state index contributed by atoms with van der Waals surface area (Å²) in [4.78, 5) is 30.7. The Labute approximate surface area is 213 Å². The monoisotopic (exact) mass is 506 g/mol. The minimum absolute atomic E-state index is 0.0416. The van der Waals surface area contributed by atoms with E-state index in [0.29, 0.717) is 6.42 Å². The second-order valence-corrected chi connectivity index (χ2v) is 12.5. The van der Waals surface area contributed by atoms with E-state index in [2.05, 4.69) is 17.2 Å². The molecule has 3 rings (SSSR count). The first-order valence-corrected chi connectivity index (χ1v) is 13.6. The van der Waals surface area contributed by atoms with Gasteiger partial charge in [0.1, 0.15) is 11.9 Å². The molecule has 7 nitrogen and oxygen atoms in total. The third-order valence-electron chi connectivity index (χ3n) is 8.13. The Kier molecular flexibility index (Phi) is 8.62. The molecule has 35 heavy (non-hydrogen) atoms. The number of Topliss-reactive ketones (excluding diaryl/α,β-unsaturated/α-hetero) is 1. The van der Waals surface area contributed by atoms with Gasteiger partial charge in [0.05, 0.1) is 34.7 Å². The summed E-state index contributed by atoms with van der Waals surface area (Å²) < 4.78 is 5.91. The van der Waals surface area contributed by atoms with E-state index in [0.717, 1.165) is 35.5 Å². The van der Waals surface area contributed by atoms with Gasteiger partial charge < -0.3 is 20.3 Å². The lowest BCUT2D eigenvalue weighted by Gasteiger charge is -2.34. The van der Waals surface area contributed by atoms with Crippen molar-refractivity contribution in [1.82, 2.24) is 10.3 Å². The lowest BCUT2D eigenvalue weighted by molar-refractivity contribution is -0.154. The van der Waals surface area contributed by atoms with Gasteiger partial charge >= 0.3 is 5.97 Å². The molecule has 0 spiro atoms. The number of hydrogen-bond acceptors (Lipinski definition) is 8. The number of thiazole rings is 1. The number of rotatable bonds is 2. The molecule has 2 aliphatic heterocycles. The molecule has 3 heterocycles. The highest BCUT2D eigenvalue weighted by Gasteiger charge is 2.50. The van der Waals surface area contributed by atoms with E-state index in [-0.39, 0.29) is 29.7 Å². The van der Waals surface area contributed by atoms with Gasteiger partial charge in [-0.3, -0.25) is 9.59 Å². The van der Waals surface area contributed by atoms with Crippen molar-refractivity contribution in [2.45, 2.75) is 110 Å². The van der Waals surface area contributed by atoms with Crippen LogP contribution in [0.2, 0.25) is 0 Å². The van der Waals surface area contributed by atoms with E-state index in [4.69, 9.17) is 4.74 Å². The predicted molar refractivity (Wildman–Crippen MR) is 138 cm³/mol. The molecular weight excluding hydrogens is 464 g/mol. The molecule has 0 bridgehead atoms. The van der Waals surface area contributed by atoms with E-state index < -0.39 is 35.6 Å². The minimum Gasteiger partial charge on any atom is -0.458 e. The zero-order chi connectivity index (χ0) is 26.1. The first-order valence-electron chi connectivity index (χ1n) is 12.7. The Hall–Kier alpha value is -1.61. The van der Waals surface area contributed by atoms with Crippen LogP contribution in [0, 0.1) is 24.2 Å². The summed E-state index contributed by atoms with van der Waals surface area (Å²) in [6.07, 6.45) is 2.50. The SMILES string of the molecule is C/C(=C\c1csc(C)n1)[C@@H]1C[C@@H]2N[C@]2(C)CCC[C@H](C)[C@H](O)[C@@H](C)C(=O)C(C)(C)[C@@H](O)CC(=O)O1. The lowest BCUT2D eigenvalue weighted by Crippen LogP contribution is -2.45. The molecular formula is C27H42N2O5S. The molecule has 7 atom stereocenters. The second kappa shape index (κ2) is 10.8. The van der Waals surface area contributed by atoms with Crippen molar-refractivity contribution in [1.29, 1.82) is 0 Å². The van der Waals surface area contributed by atoms with Crippen molar-refractivity contribution in [3.05, 3.63) is 21.7 Å². The predicted octanol–water partition coefficient (Wildman–Crippen LogP) is 4.05. The lowest BCUT2D eigenvalue weighted by atomic mass is 9.73. The normalized spacial score (nSPS) is 37.5. The van der Waals surface area contributed by atoms with Crippen molar-refractivity contribution in [2.24, 2.45) is 17.3 Å². The Morgan fingerprint density at radius 1 is 1.26 bits per heavy atom. The molecule has 0 aromatic carbocycles. The van der Waals surface area contributed by atoms with Gasteiger partial charge in [0.2, 0.25) is 0 Å². The molecule has 2 aliphatic rings. The molecule has 3 N–H and O–H groups in total. The number of ketones is 1. The number of carbonyl (C=O) groups is 2. The summed E-state index contributed by atoms with van der Waals surface area (Å²) in [7, 11) is 0. The van der Waals surface area contributed by atoms with Crippen LogP contribution in [0.25, 0.3) is 6.08 Å². The van der Waals surface area contributed by atoms with Gasteiger partial charge in [-0.2, -0.15) is 0 Å². The molecule has 196 valence electrons. The number of fused-ring (bicyclic) bond motifs is 1. The zero-order valence-electron chi connectivity index (χ0n) is 22.1. The number of nitrogens with zero attached hydrogens (tertiary/aromatic N) is 1. The highest BCUT2D eigenvalue weighted by Crippen LogP contribution is 2.38. The van der Waals surface area contributed by atoms with Gasteiger partial charge in [-0.25, -0.2) is 4.98 Å². The molecule has 1 aromatic rings. The first kappa shape index (κ1) is 28.0. The van der Waals surface area contributed by atoms with Crippen molar-refractivity contribution in [2.75, 3.05) is 0 Å². The number of hydrogen-bond donors (Lipinski definition) is 3. The van der Waals surface area contributed by atoms with Crippen molar-refractivity contribution < 1.29 is 24.5 Å². The fourth-order valence-electron chi connectivity index (χ4n) is 5.22. The topological polar surface area (TPSA) is 119 Å². The highest BCUT2D eigenvalue weighted by atomic mass is 32.1. The van der Waals surface area contributed by atoms with Crippen LogP contribution < -0.4 is 5.32 Å². The number of ether oxygens (including phenoxy) is 1. The van der Waals surface area contributed by atoms with Gasteiger partial charge in [0, 0.05) is 29.3 Å². The van der Waals surface area contributed by atoms with Crippen LogP contribution in [0.4, 0.5) is 0 Å². The second-order valence-electron chi connectivity index (χ2n) is 11.5. The molecule has 0 aliphatic carbocycles. The van der Waals surface area contributed by atoms with Crippen LogP contribution >= 0.6 is 11.3 Å². The summed E-state index contributed by atoms with van der Waals surface area (Å²) in [5.41, 5.74) is 0.502. The summed E-state index contributed by atoms with van der Waals surface area (Å²) in [5.74, 6) is -1.46. The number of carbonyl (C=O) groups excluding carboxylic acids is 2. The number of cyclic esters (lactones) is 1. The molecule has 2 saturated heterocycles. The Bertz CT molecular complexity index is 957. The number of aliphatic hydroxyl groups excluding tert-OH is 2. The van der Waals surface area contributed by atoms with Crippen molar-refractivity contribution >= 4 is 29.2 Å². The van der Waals surface area contributed by atoms with Crippen LogP contribution in [-0.2, 0) is 14.3 Å². The van der Waals surface area contributed by atoms with Crippen LogP contribution in [0.1, 0.15) is 84.3 Å². The van der Waals surface area contributed by atoms with E-state index in [1.807, 2.05) is 32.2 Å². The maximum Gasteiger partial charge on any atom is 0.309 e. The Morgan fingerprint density at radius 2 is 1.94 bits per heavy atom. The number of aryl methyl sites for hydroxylation is 1. The van der Waals surface area contributed by atoms with Crippen LogP contribution in [0.5, 0.6) is 0 Å². The molecule has 8 heteroatoms. The maximum absolute atomic E-state index is 13.2. The quantitative estimate of drug-likeness (QED) is 0.409. The van der Waals surface area contributed by atoms with Gasteiger partial charge in [-0.1, -0.05) is 34.1 Å². The number of esters is 1. The number of aliphatic hydroxyl groups is 2. The third kappa shape index (κ3) is 6.59. The number of nitrogens with one attached hydrogen (secondary N) is 1. The fourth-order valence-corrected chi connectivity index (χ4v) is 5.79. The molecule has 0 saturated carbocycles. The summed E-state index contributed by atoms with van der Waals surface area (Å²) in [5, 5.41) is 28.2. The average molecular weight is 507 g/mol. The van der Waals surface area contributed by atoms with E-state index in [1.54, 1.807) is 32.1 Å². The maximum atomic E-state index is 13.2. The molecule has 0 amide bonds. The van der Waals surface area contributed by atoms with E-state index in [1.165, 1.54) is 0 Å². The highest BCUT2D eigenvalue weighted by molar-refractivity contribution is 7.09. The molecule has 1 aromatic heterocycles. The van der Waals surface area contributed by atoms with Crippen LogP contribution in [0.3, 0.4) is 0 Å². The van der Waals surface area contributed by atoms with Gasteiger partial charge in [-0.05, 0) is 51.2 Å². The van der Waals surface area contributed by atoms with E-state index >= 15 is 0 Å². The Morgan fingerprint density at radius 3 is 2.57 bits per heavy atom. The van der Waals surface area contributed by atoms with Gasteiger partial charge in [0.15, 0.2) is 0 Å². The fraction of sp³-hybridized carbons (Fsp3) is 0.741. The molecule has 0 radical (unpaired) electrons. The largest absolute Gasteiger partial charge is 0.458 e. The van der Waals surface area contributed by atoms with Crippen LogP contribution in [0.15, 0.2) is 11.0 Å². The zero-order valence-corrected chi connectivity index (χ0v) is 22.9. The van der Waals surface area contributed by atoms with Crippen molar-refractivity contribution in [3.8, 4) is 0 Å². The number of aromatic nitrogens is 1. The molecule has 0 unspecified atom stereocenters. The minimum atomic E-state index is -1.21. The average Bonchev–Trinajstić information content (AvgIpc) is 3.22. The summed E-state index contributed by atoms with van der Waals surface area (Å²) in [6.45, 7) is 13.0. The van der Waals surface area contributed by atoms with Gasteiger partial charge in [0.25, 0.3) is 0 Å². The summed E-state index contributed by atoms with van der Waals surface area (Å²) in [6, 6.07) is 0.204. The van der Waals surface area contributed by atoms with Crippen LogP contribution in [-0.4, -0.2) is 56.8 Å². The standard InChI is InChI=1S/C27H42N2O5S/c1-15-9-8-10-27(7)21(29-27)12-20(16(2)11-19-14-35-18(4)28-19)34-23(31)13-22(30)26(5,6)25(33)17(3)24(15)32/h11,14-15,17,20-22,24,29-30,32H,8-10,12-13H2,1-7H3/b16-11+/t15-,17+,20-,21-,22-,24-,27+/m0/s1. The van der Waals surface area contributed by atoms with Crippen molar-refractivity contribution in [3.63, 3.8) is 0 Å². The van der Waals surface area contributed by atoms with Gasteiger partial charge in [-0.15, -0.1) is 11.3 Å². The smallest absolute Gasteiger partial charge is 0.309 e. The Balaban J connectivity index is 1.85. The first-order chi connectivity index (χ1) is 16.2. The van der Waals surface area contributed by atoms with E-state index in [9.17, 15) is 19.8 Å². The third-order valence-corrected chi connectivity index (χ3v) is 8.92. The summed E-state index contributed by atoms with van der Waals surface area (Å²) >= 11 is 1.57.